The largest absolute Gasteiger partial charge is 0.388 e. The number of rotatable bonds is 3. The highest BCUT2D eigenvalue weighted by molar-refractivity contribution is 5.75. The summed E-state index contributed by atoms with van der Waals surface area (Å²) in [6.45, 7) is 0.408. The van der Waals surface area contributed by atoms with Gasteiger partial charge in [0.05, 0.1) is 5.60 Å². The van der Waals surface area contributed by atoms with Crippen LogP contribution in [0.15, 0.2) is 0 Å². The van der Waals surface area contributed by atoms with Gasteiger partial charge in [0.15, 0.2) is 0 Å². The minimum Gasteiger partial charge on any atom is -0.388 e. The summed E-state index contributed by atoms with van der Waals surface area (Å²) in [5, 5.41) is 16.8. The van der Waals surface area contributed by atoms with Gasteiger partial charge in [-0.15, -0.1) is 0 Å². The number of urea groups is 1. The van der Waals surface area contributed by atoms with Crippen molar-refractivity contribution in [3.05, 3.63) is 0 Å². The summed E-state index contributed by atoms with van der Waals surface area (Å²) in [6.07, 6.45) is 12.7. The summed E-state index contributed by atoms with van der Waals surface area (Å²) in [5.74, 6) is 2.53. The van der Waals surface area contributed by atoms with Crippen LogP contribution in [0, 0.1) is 17.8 Å². The highest BCUT2D eigenvalue weighted by atomic mass is 16.3. The Morgan fingerprint density at radius 3 is 2.05 bits per heavy atom. The number of carbonyl (C=O) groups excluding carboxylic acids is 1. The highest BCUT2D eigenvalue weighted by Crippen LogP contribution is 2.55. The fourth-order valence-corrected chi connectivity index (χ4v) is 6.18. The third kappa shape index (κ3) is 2.86. The molecule has 0 aromatic carbocycles. The van der Waals surface area contributed by atoms with E-state index in [1.54, 1.807) is 0 Å². The van der Waals surface area contributed by atoms with Crippen LogP contribution in [0.25, 0.3) is 0 Å². The molecule has 0 radical (unpaired) electrons. The number of aliphatic hydroxyl groups is 1. The van der Waals surface area contributed by atoms with E-state index in [0.29, 0.717) is 6.54 Å². The van der Waals surface area contributed by atoms with Gasteiger partial charge in [-0.25, -0.2) is 4.79 Å². The molecule has 0 aliphatic heterocycles. The van der Waals surface area contributed by atoms with E-state index < -0.39 is 5.60 Å². The van der Waals surface area contributed by atoms with Crippen molar-refractivity contribution >= 4 is 6.03 Å². The van der Waals surface area contributed by atoms with E-state index in [9.17, 15) is 9.90 Å². The molecule has 2 amide bonds. The zero-order chi connectivity index (χ0) is 15.2. The van der Waals surface area contributed by atoms with Crippen LogP contribution in [-0.4, -0.2) is 28.8 Å². The highest BCUT2D eigenvalue weighted by Gasteiger charge is 2.51. The van der Waals surface area contributed by atoms with E-state index in [4.69, 9.17) is 0 Å². The standard InChI is InChI=1S/C18H30N2O2/c21-16(19-12-18(22)4-2-1-3-5-18)20-17-9-13-6-14(10-17)8-15(7-13)11-17/h13-15,22H,1-12H2,(H2,19,20,21). The fraction of sp³-hybridized carbons (Fsp3) is 0.944. The predicted molar refractivity (Wildman–Crippen MR) is 85.5 cm³/mol. The van der Waals surface area contributed by atoms with Gasteiger partial charge in [0.1, 0.15) is 0 Å². The molecule has 5 aliphatic carbocycles. The van der Waals surface area contributed by atoms with Crippen LogP contribution < -0.4 is 10.6 Å². The van der Waals surface area contributed by atoms with Gasteiger partial charge in [-0.2, -0.15) is 0 Å². The van der Waals surface area contributed by atoms with Crippen LogP contribution in [-0.2, 0) is 0 Å². The average Bonchev–Trinajstić information content (AvgIpc) is 2.44. The summed E-state index contributed by atoms with van der Waals surface area (Å²) in [5.41, 5.74) is -0.606. The maximum Gasteiger partial charge on any atom is 0.315 e. The van der Waals surface area contributed by atoms with Crippen LogP contribution in [0.5, 0.6) is 0 Å². The molecule has 0 spiro atoms. The minimum absolute atomic E-state index is 0.0547. The summed E-state index contributed by atoms with van der Waals surface area (Å²) < 4.78 is 0. The molecule has 5 aliphatic rings. The van der Waals surface area contributed by atoms with Gasteiger partial charge in [0, 0.05) is 12.1 Å². The van der Waals surface area contributed by atoms with Gasteiger partial charge in [0.25, 0.3) is 0 Å². The van der Waals surface area contributed by atoms with E-state index in [1.165, 1.54) is 44.9 Å². The minimum atomic E-state index is -0.670. The van der Waals surface area contributed by atoms with Crippen LogP contribution >= 0.6 is 0 Å². The summed E-state index contributed by atoms with van der Waals surface area (Å²) >= 11 is 0. The van der Waals surface area contributed by atoms with Gasteiger partial charge in [-0.05, 0) is 69.1 Å². The molecule has 22 heavy (non-hydrogen) atoms. The van der Waals surface area contributed by atoms with Crippen molar-refractivity contribution in [2.45, 2.75) is 81.8 Å². The molecule has 0 aromatic heterocycles. The first kappa shape index (κ1) is 14.8. The molecule has 4 heteroatoms. The topological polar surface area (TPSA) is 61.4 Å². The second kappa shape index (κ2) is 5.40. The first-order valence-corrected chi connectivity index (χ1v) is 9.33. The van der Waals surface area contributed by atoms with Crippen LogP contribution in [0.2, 0.25) is 0 Å². The summed E-state index contributed by atoms with van der Waals surface area (Å²) in [7, 11) is 0. The lowest BCUT2D eigenvalue weighted by Gasteiger charge is -2.56. The molecule has 5 rings (SSSR count). The van der Waals surface area contributed by atoms with E-state index in [1.807, 2.05) is 0 Å². The maximum absolute atomic E-state index is 12.4. The van der Waals surface area contributed by atoms with Crippen molar-refractivity contribution in [2.75, 3.05) is 6.54 Å². The molecule has 124 valence electrons. The Balaban J connectivity index is 1.32. The van der Waals surface area contributed by atoms with Crippen LogP contribution in [0.1, 0.15) is 70.6 Å². The number of amides is 2. The van der Waals surface area contributed by atoms with E-state index >= 15 is 0 Å². The first-order chi connectivity index (χ1) is 10.5. The van der Waals surface area contributed by atoms with Crippen molar-refractivity contribution < 1.29 is 9.90 Å². The first-order valence-electron chi connectivity index (χ1n) is 9.33. The fourth-order valence-electron chi connectivity index (χ4n) is 6.18. The van der Waals surface area contributed by atoms with Crippen molar-refractivity contribution in [3.8, 4) is 0 Å². The van der Waals surface area contributed by atoms with E-state index in [0.717, 1.165) is 43.4 Å². The van der Waals surface area contributed by atoms with Crippen LogP contribution in [0.4, 0.5) is 4.79 Å². The van der Waals surface area contributed by atoms with Crippen molar-refractivity contribution in [1.82, 2.24) is 10.6 Å². The Bertz CT molecular complexity index is 407. The van der Waals surface area contributed by atoms with Gasteiger partial charge < -0.3 is 15.7 Å². The van der Waals surface area contributed by atoms with Gasteiger partial charge in [-0.3, -0.25) is 0 Å². The second-order valence-electron chi connectivity index (χ2n) is 8.79. The smallest absolute Gasteiger partial charge is 0.315 e. The zero-order valence-electron chi connectivity index (χ0n) is 13.6. The lowest BCUT2D eigenvalue weighted by atomic mass is 9.53. The molecule has 0 unspecified atom stereocenters. The lowest BCUT2D eigenvalue weighted by Crippen LogP contribution is -2.62. The number of carbonyl (C=O) groups is 1. The van der Waals surface area contributed by atoms with Crippen molar-refractivity contribution in [1.29, 1.82) is 0 Å². The van der Waals surface area contributed by atoms with Gasteiger partial charge in [-0.1, -0.05) is 19.3 Å². The molecular weight excluding hydrogens is 276 g/mol. The molecule has 0 heterocycles. The number of hydrogen-bond donors (Lipinski definition) is 3. The zero-order valence-corrected chi connectivity index (χ0v) is 13.6. The Morgan fingerprint density at radius 2 is 1.50 bits per heavy atom. The van der Waals surface area contributed by atoms with Crippen molar-refractivity contribution in [2.24, 2.45) is 17.8 Å². The number of nitrogens with one attached hydrogen (secondary N) is 2. The van der Waals surface area contributed by atoms with E-state index in [-0.39, 0.29) is 11.6 Å². The third-order valence-electron chi connectivity index (χ3n) is 6.78. The number of hydrogen-bond acceptors (Lipinski definition) is 2. The molecule has 0 aromatic rings. The Hall–Kier alpha value is -0.770. The summed E-state index contributed by atoms with van der Waals surface area (Å²) in [4.78, 5) is 12.4. The Labute approximate surface area is 133 Å². The molecule has 4 bridgehead atoms. The molecule has 4 nitrogen and oxygen atoms in total. The van der Waals surface area contributed by atoms with Gasteiger partial charge >= 0.3 is 6.03 Å². The SMILES string of the molecule is O=C(NCC1(O)CCCCC1)NC12CC3CC(CC(C3)C1)C2. The van der Waals surface area contributed by atoms with Gasteiger partial charge in [0.2, 0.25) is 0 Å². The lowest BCUT2D eigenvalue weighted by molar-refractivity contribution is -0.0155. The molecule has 0 atom stereocenters. The monoisotopic (exact) mass is 306 g/mol. The molecular formula is C18H30N2O2. The second-order valence-corrected chi connectivity index (χ2v) is 8.79. The van der Waals surface area contributed by atoms with E-state index in [2.05, 4.69) is 10.6 Å². The average molecular weight is 306 g/mol. The Kier molecular flexibility index (Phi) is 3.63. The predicted octanol–water partition coefficient (Wildman–Crippen LogP) is 2.95. The van der Waals surface area contributed by atoms with Crippen molar-refractivity contribution in [3.63, 3.8) is 0 Å². The quantitative estimate of drug-likeness (QED) is 0.751. The third-order valence-corrected chi connectivity index (χ3v) is 6.78. The molecule has 0 saturated heterocycles. The Morgan fingerprint density at radius 1 is 0.955 bits per heavy atom. The summed E-state index contributed by atoms with van der Waals surface area (Å²) in [6, 6.07) is -0.0547. The molecule has 5 saturated carbocycles. The normalized spacial score (nSPS) is 42.1. The molecule has 3 N–H and O–H groups in total. The van der Waals surface area contributed by atoms with Crippen LogP contribution in [0.3, 0.4) is 0 Å². The molecule has 5 fully saturated rings. The maximum atomic E-state index is 12.4.